The third-order valence-corrected chi connectivity index (χ3v) is 4.47. The maximum absolute atomic E-state index is 11.9. The Morgan fingerprint density at radius 2 is 1.77 bits per heavy atom. The average Bonchev–Trinajstić information content (AvgIpc) is 2.91. The van der Waals surface area contributed by atoms with Gasteiger partial charge in [-0.25, -0.2) is 0 Å². The van der Waals surface area contributed by atoms with Crippen LogP contribution in [0.15, 0.2) is 4.99 Å². The van der Waals surface area contributed by atoms with E-state index < -0.39 is 0 Å². The van der Waals surface area contributed by atoms with Crippen LogP contribution in [0.4, 0.5) is 0 Å². The first-order chi connectivity index (χ1) is 10.6. The number of hydrogen-bond acceptors (Lipinski definition) is 3. The average molecular weight is 309 g/mol. The van der Waals surface area contributed by atoms with E-state index >= 15 is 0 Å². The molecular weight excluding hydrogens is 274 g/mol. The Hall–Kier alpha value is -0.900. The molecule has 0 bridgehead atoms. The van der Waals surface area contributed by atoms with Crippen molar-refractivity contribution < 1.29 is 4.79 Å². The van der Waals surface area contributed by atoms with Crippen molar-refractivity contribution in [3.8, 4) is 0 Å². The van der Waals surface area contributed by atoms with Crippen molar-refractivity contribution in [2.45, 2.75) is 97.3 Å². The van der Waals surface area contributed by atoms with E-state index in [9.17, 15) is 4.79 Å². The van der Waals surface area contributed by atoms with Crippen molar-refractivity contribution in [1.82, 2.24) is 10.2 Å². The minimum Gasteiger partial charge on any atom is -0.341 e. The summed E-state index contributed by atoms with van der Waals surface area (Å²) in [6.45, 7) is 7.19. The molecule has 0 spiro atoms. The molecule has 0 saturated heterocycles. The number of carbonyl (C=O) groups excluding carboxylic acids is 1. The largest absolute Gasteiger partial charge is 0.341 e. The zero-order valence-corrected chi connectivity index (χ0v) is 14.8. The fraction of sp³-hybridized carbons (Fsp3) is 0.889. The van der Waals surface area contributed by atoms with E-state index in [0.717, 1.165) is 13.0 Å². The Balaban J connectivity index is 1.95. The molecule has 2 unspecified atom stereocenters. The normalized spacial score (nSPS) is 19.5. The minimum atomic E-state index is 0.0727. The maximum atomic E-state index is 11.9. The number of nitrogens with zero attached hydrogens (tertiary/aromatic N) is 2. The third kappa shape index (κ3) is 7.92. The molecular formula is C18H35N3O. The van der Waals surface area contributed by atoms with E-state index in [1.807, 2.05) is 13.1 Å². The first-order valence-electron chi connectivity index (χ1n) is 9.22. The molecule has 0 radical (unpaired) electrons. The van der Waals surface area contributed by atoms with Crippen LogP contribution in [-0.4, -0.2) is 35.9 Å². The van der Waals surface area contributed by atoms with Crippen LogP contribution in [0.1, 0.15) is 85.0 Å². The van der Waals surface area contributed by atoms with E-state index in [1.54, 1.807) is 0 Å². The van der Waals surface area contributed by atoms with Gasteiger partial charge in [-0.15, -0.1) is 0 Å². The van der Waals surface area contributed by atoms with Gasteiger partial charge < -0.3 is 5.32 Å². The second-order valence-electron chi connectivity index (χ2n) is 6.48. The van der Waals surface area contributed by atoms with E-state index in [-0.39, 0.29) is 18.2 Å². The highest BCUT2D eigenvalue weighted by Crippen LogP contribution is 2.11. The fourth-order valence-electron chi connectivity index (χ4n) is 3.00. The number of unbranched alkanes of at least 4 members (excludes halogenated alkanes) is 8. The van der Waals surface area contributed by atoms with Gasteiger partial charge in [-0.05, 0) is 20.3 Å². The predicted octanol–water partition coefficient (Wildman–Crippen LogP) is 4.10. The van der Waals surface area contributed by atoms with Crippen molar-refractivity contribution in [2.75, 3.05) is 6.54 Å². The molecule has 0 fully saturated rings. The SMILES string of the molecule is CCCCCCCCCCCC(=O)NC(C)N1CC=NC1C. The van der Waals surface area contributed by atoms with Gasteiger partial charge in [0.15, 0.2) is 0 Å². The van der Waals surface area contributed by atoms with Gasteiger partial charge in [0, 0.05) is 19.2 Å². The Labute approximate surface area is 136 Å². The highest BCUT2D eigenvalue weighted by atomic mass is 16.1. The molecule has 0 saturated carbocycles. The molecule has 1 heterocycles. The van der Waals surface area contributed by atoms with Gasteiger partial charge in [0.25, 0.3) is 0 Å². The molecule has 2 atom stereocenters. The Morgan fingerprint density at radius 1 is 1.18 bits per heavy atom. The summed E-state index contributed by atoms with van der Waals surface area (Å²) in [7, 11) is 0. The summed E-state index contributed by atoms with van der Waals surface area (Å²) in [5, 5.41) is 3.08. The quantitative estimate of drug-likeness (QED) is 0.552. The molecule has 4 nitrogen and oxygen atoms in total. The van der Waals surface area contributed by atoms with Crippen molar-refractivity contribution in [3.05, 3.63) is 0 Å². The molecule has 4 heteroatoms. The van der Waals surface area contributed by atoms with Gasteiger partial charge in [0.2, 0.25) is 5.91 Å². The molecule has 1 N–H and O–H groups in total. The lowest BCUT2D eigenvalue weighted by Crippen LogP contribution is -2.48. The molecule has 1 aliphatic rings. The van der Waals surface area contributed by atoms with Crippen LogP contribution in [0.5, 0.6) is 0 Å². The van der Waals surface area contributed by atoms with Crippen LogP contribution < -0.4 is 5.32 Å². The van der Waals surface area contributed by atoms with Crippen LogP contribution in [0.3, 0.4) is 0 Å². The van der Waals surface area contributed by atoms with Crippen molar-refractivity contribution in [2.24, 2.45) is 4.99 Å². The first-order valence-corrected chi connectivity index (χ1v) is 9.22. The maximum Gasteiger partial charge on any atom is 0.221 e. The van der Waals surface area contributed by atoms with E-state index in [1.165, 1.54) is 51.4 Å². The van der Waals surface area contributed by atoms with Crippen LogP contribution in [0.25, 0.3) is 0 Å². The van der Waals surface area contributed by atoms with Gasteiger partial charge in [0.05, 0.1) is 6.17 Å². The van der Waals surface area contributed by atoms with Gasteiger partial charge in [-0.1, -0.05) is 58.3 Å². The fourth-order valence-corrected chi connectivity index (χ4v) is 3.00. The van der Waals surface area contributed by atoms with Crippen LogP contribution in [-0.2, 0) is 4.79 Å². The standard InChI is InChI=1S/C18H35N3O/c1-4-5-6-7-8-9-10-11-12-13-18(22)20-17(3)21-15-14-19-16(21)2/h14,16-17H,4-13,15H2,1-3H3,(H,20,22). The van der Waals surface area contributed by atoms with Gasteiger partial charge in [-0.2, -0.15) is 0 Å². The Kier molecular flexibility index (Phi) is 10.1. The van der Waals surface area contributed by atoms with Crippen molar-refractivity contribution >= 4 is 12.1 Å². The smallest absolute Gasteiger partial charge is 0.221 e. The minimum absolute atomic E-state index is 0.0727. The number of nitrogens with one attached hydrogen (secondary N) is 1. The van der Waals surface area contributed by atoms with Crippen molar-refractivity contribution in [1.29, 1.82) is 0 Å². The molecule has 0 aromatic carbocycles. The molecule has 0 aromatic rings. The summed E-state index contributed by atoms with van der Waals surface area (Å²) in [6, 6.07) is 0. The van der Waals surface area contributed by atoms with Crippen LogP contribution in [0.2, 0.25) is 0 Å². The van der Waals surface area contributed by atoms with Crippen LogP contribution in [0, 0.1) is 0 Å². The molecule has 1 rings (SSSR count). The lowest BCUT2D eigenvalue weighted by Gasteiger charge is -2.27. The summed E-state index contributed by atoms with van der Waals surface area (Å²) < 4.78 is 0. The molecule has 22 heavy (non-hydrogen) atoms. The summed E-state index contributed by atoms with van der Waals surface area (Å²) in [5.74, 6) is 0.176. The lowest BCUT2D eigenvalue weighted by molar-refractivity contribution is -0.123. The second-order valence-corrected chi connectivity index (χ2v) is 6.48. The first kappa shape index (κ1) is 19.1. The zero-order valence-electron chi connectivity index (χ0n) is 14.8. The summed E-state index contributed by atoms with van der Waals surface area (Å²) in [6.07, 6.45) is 14.4. The molecule has 0 aromatic heterocycles. The van der Waals surface area contributed by atoms with Gasteiger partial charge in [-0.3, -0.25) is 14.7 Å². The number of hydrogen-bond donors (Lipinski definition) is 1. The highest BCUT2D eigenvalue weighted by Gasteiger charge is 2.22. The van der Waals surface area contributed by atoms with Crippen molar-refractivity contribution in [3.63, 3.8) is 0 Å². The Morgan fingerprint density at radius 3 is 2.32 bits per heavy atom. The Bertz CT molecular complexity index is 330. The molecule has 1 aliphatic heterocycles. The summed E-state index contributed by atoms with van der Waals surface area (Å²) in [5.41, 5.74) is 0. The number of carbonyl (C=O) groups is 1. The van der Waals surface area contributed by atoms with E-state index in [0.29, 0.717) is 6.42 Å². The number of aliphatic imine (C=N–C) groups is 1. The second kappa shape index (κ2) is 11.6. The molecule has 128 valence electrons. The van der Waals surface area contributed by atoms with E-state index in [4.69, 9.17) is 0 Å². The molecule has 1 amide bonds. The summed E-state index contributed by atoms with van der Waals surface area (Å²) in [4.78, 5) is 18.5. The predicted molar refractivity (Wildman–Crippen MR) is 94.1 cm³/mol. The third-order valence-electron chi connectivity index (χ3n) is 4.47. The lowest BCUT2D eigenvalue weighted by atomic mass is 10.1. The topological polar surface area (TPSA) is 44.7 Å². The highest BCUT2D eigenvalue weighted by molar-refractivity contribution is 5.76. The van der Waals surface area contributed by atoms with Gasteiger partial charge >= 0.3 is 0 Å². The van der Waals surface area contributed by atoms with E-state index in [2.05, 4.69) is 29.1 Å². The summed E-state index contributed by atoms with van der Waals surface area (Å²) >= 11 is 0. The number of rotatable bonds is 12. The van der Waals surface area contributed by atoms with Crippen LogP contribution >= 0.6 is 0 Å². The molecule has 0 aliphatic carbocycles. The zero-order chi connectivity index (χ0) is 16.2. The number of amides is 1. The van der Waals surface area contributed by atoms with Gasteiger partial charge in [0.1, 0.15) is 6.17 Å². The monoisotopic (exact) mass is 309 g/mol.